The lowest BCUT2D eigenvalue weighted by Crippen LogP contribution is -2.22. The van der Waals surface area contributed by atoms with Gasteiger partial charge < -0.3 is 5.32 Å². The van der Waals surface area contributed by atoms with Crippen LogP contribution in [0.1, 0.15) is 25.2 Å². The molecule has 0 bridgehead atoms. The second-order valence-electron chi connectivity index (χ2n) is 4.84. The van der Waals surface area contributed by atoms with E-state index in [1.165, 1.54) is 0 Å². The molecule has 0 aliphatic carbocycles. The second kappa shape index (κ2) is 6.26. The van der Waals surface area contributed by atoms with Gasteiger partial charge >= 0.3 is 0 Å². The lowest BCUT2D eigenvalue weighted by atomic mass is 10.2. The Kier molecular flexibility index (Phi) is 4.66. The molecule has 1 N–H and O–H groups in total. The van der Waals surface area contributed by atoms with E-state index >= 15 is 0 Å². The monoisotopic (exact) mass is 319 g/mol. The van der Waals surface area contributed by atoms with E-state index in [0.29, 0.717) is 6.04 Å². The Morgan fingerprint density at radius 2 is 1.95 bits per heavy atom. The van der Waals surface area contributed by atoms with Gasteiger partial charge in [-0.3, -0.25) is 0 Å². The second-order valence-corrected chi connectivity index (χ2v) is 5.69. The molecular formula is C15H18BrN3. The first-order chi connectivity index (χ1) is 9.06. The maximum absolute atomic E-state index is 4.63. The molecule has 100 valence electrons. The van der Waals surface area contributed by atoms with Crippen LogP contribution in [0.2, 0.25) is 0 Å². The number of hydrogen-bond acceptors (Lipinski definition) is 3. The van der Waals surface area contributed by atoms with Crippen molar-refractivity contribution in [1.29, 1.82) is 0 Å². The molecule has 4 heteroatoms. The fraction of sp³-hybridized carbons (Fsp3) is 0.333. The predicted molar refractivity (Wildman–Crippen MR) is 81.9 cm³/mol. The average molecular weight is 320 g/mol. The molecule has 3 nitrogen and oxygen atoms in total. The fourth-order valence-electron chi connectivity index (χ4n) is 1.80. The Bertz CT molecular complexity index is 567. The van der Waals surface area contributed by atoms with Gasteiger partial charge in [0.25, 0.3) is 0 Å². The number of aryl methyl sites for hydroxylation is 1. The van der Waals surface area contributed by atoms with E-state index in [9.17, 15) is 0 Å². The van der Waals surface area contributed by atoms with Crippen molar-refractivity contribution in [1.82, 2.24) is 15.3 Å². The molecule has 0 aliphatic rings. The van der Waals surface area contributed by atoms with Crippen molar-refractivity contribution in [2.75, 3.05) is 0 Å². The zero-order chi connectivity index (χ0) is 13.8. The van der Waals surface area contributed by atoms with Gasteiger partial charge in [0.05, 0.1) is 5.69 Å². The zero-order valence-electron chi connectivity index (χ0n) is 11.4. The van der Waals surface area contributed by atoms with Gasteiger partial charge in [-0.1, -0.05) is 48.0 Å². The summed E-state index contributed by atoms with van der Waals surface area (Å²) < 4.78 is 1.02. The number of nitrogens with zero attached hydrogens (tertiary/aromatic N) is 2. The molecular weight excluding hydrogens is 302 g/mol. The maximum Gasteiger partial charge on any atom is 0.160 e. The number of halogens is 1. The number of aromatic nitrogens is 2. The maximum atomic E-state index is 4.63. The van der Waals surface area contributed by atoms with Crippen LogP contribution < -0.4 is 5.32 Å². The van der Waals surface area contributed by atoms with Gasteiger partial charge in [0.2, 0.25) is 0 Å². The standard InChI is InChI=1S/C15H18BrN3/c1-10(2)17-9-12-8-11(3)18-15(19-12)13-6-4-5-7-14(13)16/h4-8,10,17H,9H2,1-3H3. The van der Waals surface area contributed by atoms with Crippen LogP contribution in [-0.4, -0.2) is 16.0 Å². The molecule has 0 saturated carbocycles. The van der Waals surface area contributed by atoms with Crippen LogP contribution in [0, 0.1) is 6.92 Å². The van der Waals surface area contributed by atoms with Crippen molar-refractivity contribution in [3.8, 4) is 11.4 Å². The van der Waals surface area contributed by atoms with Gasteiger partial charge in [-0.25, -0.2) is 9.97 Å². The van der Waals surface area contributed by atoms with Crippen molar-refractivity contribution in [3.05, 3.63) is 46.2 Å². The van der Waals surface area contributed by atoms with E-state index in [0.717, 1.165) is 33.8 Å². The molecule has 0 amide bonds. The van der Waals surface area contributed by atoms with E-state index in [-0.39, 0.29) is 0 Å². The van der Waals surface area contributed by atoms with Crippen LogP contribution in [0.5, 0.6) is 0 Å². The van der Waals surface area contributed by atoms with Crippen LogP contribution in [0.15, 0.2) is 34.8 Å². The molecule has 0 fully saturated rings. The van der Waals surface area contributed by atoms with E-state index < -0.39 is 0 Å². The summed E-state index contributed by atoms with van der Waals surface area (Å²) in [6, 6.07) is 10.5. The average Bonchev–Trinajstić information content (AvgIpc) is 2.36. The highest BCUT2D eigenvalue weighted by molar-refractivity contribution is 9.10. The van der Waals surface area contributed by atoms with E-state index in [1.807, 2.05) is 37.3 Å². The summed E-state index contributed by atoms with van der Waals surface area (Å²) >= 11 is 3.55. The third-order valence-electron chi connectivity index (χ3n) is 2.71. The van der Waals surface area contributed by atoms with Crippen molar-refractivity contribution in [2.24, 2.45) is 0 Å². The van der Waals surface area contributed by atoms with Gasteiger partial charge in [0.15, 0.2) is 5.82 Å². The van der Waals surface area contributed by atoms with Crippen LogP contribution in [0.3, 0.4) is 0 Å². The molecule has 0 spiro atoms. The Morgan fingerprint density at radius 3 is 2.63 bits per heavy atom. The van der Waals surface area contributed by atoms with Gasteiger partial charge in [0.1, 0.15) is 0 Å². The third-order valence-corrected chi connectivity index (χ3v) is 3.40. The minimum absolute atomic E-state index is 0.446. The molecule has 2 aromatic rings. The minimum atomic E-state index is 0.446. The molecule has 0 radical (unpaired) electrons. The van der Waals surface area contributed by atoms with Crippen molar-refractivity contribution in [3.63, 3.8) is 0 Å². The van der Waals surface area contributed by atoms with E-state index in [4.69, 9.17) is 0 Å². The van der Waals surface area contributed by atoms with Crippen molar-refractivity contribution < 1.29 is 0 Å². The number of rotatable bonds is 4. The zero-order valence-corrected chi connectivity index (χ0v) is 13.0. The normalized spacial score (nSPS) is 11.0. The molecule has 1 aromatic heterocycles. The van der Waals surface area contributed by atoms with Crippen LogP contribution in [-0.2, 0) is 6.54 Å². The Morgan fingerprint density at radius 1 is 1.21 bits per heavy atom. The quantitative estimate of drug-likeness (QED) is 0.933. The van der Waals surface area contributed by atoms with Crippen LogP contribution >= 0.6 is 15.9 Å². The number of nitrogens with one attached hydrogen (secondary N) is 1. The third kappa shape index (κ3) is 3.85. The summed E-state index contributed by atoms with van der Waals surface area (Å²) in [6.07, 6.45) is 0. The summed E-state index contributed by atoms with van der Waals surface area (Å²) in [5.74, 6) is 0.771. The van der Waals surface area contributed by atoms with Crippen molar-refractivity contribution in [2.45, 2.75) is 33.4 Å². The van der Waals surface area contributed by atoms with Gasteiger partial charge in [-0.2, -0.15) is 0 Å². The van der Waals surface area contributed by atoms with Crippen molar-refractivity contribution >= 4 is 15.9 Å². The molecule has 1 heterocycles. The summed E-state index contributed by atoms with van der Waals surface area (Å²) in [5, 5.41) is 3.38. The topological polar surface area (TPSA) is 37.8 Å². The molecule has 0 saturated heterocycles. The highest BCUT2D eigenvalue weighted by Gasteiger charge is 2.08. The van der Waals surface area contributed by atoms with Crippen LogP contribution in [0.4, 0.5) is 0 Å². The highest BCUT2D eigenvalue weighted by Crippen LogP contribution is 2.25. The highest BCUT2D eigenvalue weighted by atomic mass is 79.9. The molecule has 2 rings (SSSR count). The predicted octanol–water partition coefficient (Wildman–Crippen LogP) is 3.71. The summed E-state index contributed by atoms with van der Waals surface area (Å²) in [4.78, 5) is 9.16. The largest absolute Gasteiger partial charge is 0.309 e. The van der Waals surface area contributed by atoms with E-state index in [1.54, 1.807) is 0 Å². The van der Waals surface area contributed by atoms with Crippen LogP contribution in [0.25, 0.3) is 11.4 Å². The number of benzene rings is 1. The SMILES string of the molecule is Cc1cc(CNC(C)C)nc(-c2ccccc2Br)n1. The fourth-order valence-corrected chi connectivity index (χ4v) is 2.26. The molecule has 0 atom stereocenters. The molecule has 1 aromatic carbocycles. The first-order valence-corrected chi connectivity index (χ1v) is 7.18. The smallest absolute Gasteiger partial charge is 0.160 e. The molecule has 0 unspecified atom stereocenters. The Labute approximate surface area is 122 Å². The van der Waals surface area contributed by atoms with Gasteiger partial charge in [-0.15, -0.1) is 0 Å². The summed E-state index contributed by atoms with van der Waals surface area (Å²) in [6.45, 7) is 7.02. The molecule has 19 heavy (non-hydrogen) atoms. The molecule has 0 aliphatic heterocycles. The summed E-state index contributed by atoms with van der Waals surface area (Å²) in [7, 11) is 0. The Hall–Kier alpha value is -1.26. The lowest BCUT2D eigenvalue weighted by Gasteiger charge is -2.10. The minimum Gasteiger partial charge on any atom is -0.309 e. The first kappa shape index (κ1) is 14.2. The lowest BCUT2D eigenvalue weighted by molar-refractivity contribution is 0.580. The van der Waals surface area contributed by atoms with Gasteiger partial charge in [0, 0.05) is 28.3 Å². The number of hydrogen-bond donors (Lipinski definition) is 1. The summed E-state index contributed by atoms with van der Waals surface area (Å²) in [5.41, 5.74) is 3.03. The Balaban J connectivity index is 2.34. The van der Waals surface area contributed by atoms with E-state index in [2.05, 4.69) is 45.1 Å². The first-order valence-electron chi connectivity index (χ1n) is 6.39. The van der Waals surface area contributed by atoms with Gasteiger partial charge in [-0.05, 0) is 19.1 Å².